The van der Waals surface area contributed by atoms with Crippen LogP contribution in [0.1, 0.15) is 51.2 Å². The Hall–Kier alpha value is -1.91. The number of ether oxygens (including phenoxy) is 1. The Balaban J connectivity index is 2.11. The molecule has 1 heterocycles. The van der Waals surface area contributed by atoms with E-state index in [1.807, 2.05) is 0 Å². The fourth-order valence-corrected chi connectivity index (χ4v) is 4.12. The van der Waals surface area contributed by atoms with Gasteiger partial charge in [0.2, 0.25) is 5.82 Å². The molecule has 2 unspecified atom stereocenters. The van der Waals surface area contributed by atoms with Gasteiger partial charge in [-0.15, -0.1) is 10.2 Å². The molecular formula is C18H26N4O. The van der Waals surface area contributed by atoms with Crippen LogP contribution >= 0.6 is 0 Å². The first-order valence-corrected chi connectivity index (χ1v) is 8.47. The second kappa shape index (κ2) is 6.30. The molecule has 1 aliphatic carbocycles. The Morgan fingerprint density at radius 3 is 2.52 bits per heavy atom. The average Bonchev–Trinajstić information content (AvgIpc) is 3.06. The van der Waals surface area contributed by atoms with Crippen molar-refractivity contribution in [2.24, 2.45) is 17.8 Å². The van der Waals surface area contributed by atoms with Crippen molar-refractivity contribution in [2.45, 2.75) is 46.5 Å². The molecule has 0 radical (unpaired) electrons. The van der Waals surface area contributed by atoms with Crippen LogP contribution in [0.5, 0.6) is 5.75 Å². The summed E-state index contributed by atoms with van der Waals surface area (Å²) in [6.07, 6.45) is 2.35. The second-order valence-corrected chi connectivity index (χ2v) is 7.20. The SMILES string of the molecule is COc1cc2c(cc1-c1nn[nH]n1)CCC(C(C)C)C2C(C)C. The summed E-state index contributed by atoms with van der Waals surface area (Å²) >= 11 is 0. The number of nitrogens with zero attached hydrogens (tertiary/aromatic N) is 3. The van der Waals surface area contributed by atoms with Crippen molar-refractivity contribution in [3.05, 3.63) is 23.3 Å². The molecule has 2 aromatic rings. The topological polar surface area (TPSA) is 63.7 Å². The summed E-state index contributed by atoms with van der Waals surface area (Å²) in [7, 11) is 1.71. The van der Waals surface area contributed by atoms with E-state index in [9.17, 15) is 0 Å². The molecule has 5 heteroatoms. The monoisotopic (exact) mass is 314 g/mol. The van der Waals surface area contributed by atoms with Crippen LogP contribution in [0.25, 0.3) is 11.4 Å². The van der Waals surface area contributed by atoms with E-state index in [4.69, 9.17) is 4.74 Å². The van der Waals surface area contributed by atoms with E-state index >= 15 is 0 Å². The number of rotatable bonds is 4. The van der Waals surface area contributed by atoms with Crippen LogP contribution in [-0.2, 0) is 6.42 Å². The first-order chi connectivity index (χ1) is 11.0. The van der Waals surface area contributed by atoms with Gasteiger partial charge in [0.05, 0.1) is 12.7 Å². The fourth-order valence-electron chi connectivity index (χ4n) is 4.12. The molecule has 0 aliphatic heterocycles. The Kier molecular flexibility index (Phi) is 4.37. The van der Waals surface area contributed by atoms with Crippen LogP contribution in [0, 0.1) is 17.8 Å². The molecule has 124 valence electrons. The summed E-state index contributed by atoms with van der Waals surface area (Å²) in [5, 5.41) is 14.4. The number of fused-ring (bicyclic) bond motifs is 1. The van der Waals surface area contributed by atoms with Gasteiger partial charge in [-0.25, -0.2) is 0 Å². The summed E-state index contributed by atoms with van der Waals surface area (Å²) in [5.41, 5.74) is 3.76. The van der Waals surface area contributed by atoms with Gasteiger partial charge < -0.3 is 4.74 Å². The van der Waals surface area contributed by atoms with E-state index in [0.717, 1.165) is 23.7 Å². The van der Waals surface area contributed by atoms with Crippen molar-refractivity contribution in [3.63, 3.8) is 0 Å². The Labute approximate surface area is 137 Å². The highest BCUT2D eigenvalue weighted by Crippen LogP contribution is 2.47. The lowest BCUT2D eigenvalue weighted by Crippen LogP contribution is -2.28. The number of aromatic amines is 1. The van der Waals surface area contributed by atoms with Gasteiger partial charge >= 0.3 is 0 Å². The van der Waals surface area contributed by atoms with Crippen molar-refractivity contribution in [2.75, 3.05) is 7.11 Å². The lowest BCUT2D eigenvalue weighted by Gasteiger charge is -2.39. The number of tetrazole rings is 1. The maximum absolute atomic E-state index is 5.64. The number of hydrogen-bond donors (Lipinski definition) is 1. The minimum Gasteiger partial charge on any atom is -0.496 e. The number of nitrogens with one attached hydrogen (secondary N) is 1. The van der Waals surface area contributed by atoms with Gasteiger partial charge in [0.1, 0.15) is 5.75 Å². The molecule has 0 saturated carbocycles. The number of hydrogen-bond acceptors (Lipinski definition) is 4. The molecule has 1 aliphatic rings. The molecular weight excluding hydrogens is 288 g/mol. The van der Waals surface area contributed by atoms with Crippen molar-refractivity contribution in [1.29, 1.82) is 0 Å². The van der Waals surface area contributed by atoms with Gasteiger partial charge in [0.25, 0.3) is 0 Å². The number of benzene rings is 1. The molecule has 1 aromatic heterocycles. The van der Waals surface area contributed by atoms with Gasteiger partial charge in [-0.05, 0) is 65.0 Å². The average molecular weight is 314 g/mol. The van der Waals surface area contributed by atoms with Gasteiger partial charge in [0, 0.05) is 0 Å². The quantitative estimate of drug-likeness (QED) is 0.931. The molecule has 0 fully saturated rings. The zero-order valence-electron chi connectivity index (χ0n) is 14.6. The lowest BCUT2D eigenvalue weighted by molar-refractivity contribution is 0.236. The third kappa shape index (κ3) is 2.84. The number of aryl methyl sites for hydroxylation is 1. The van der Waals surface area contributed by atoms with Crippen LogP contribution in [0.3, 0.4) is 0 Å². The zero-order valence-corrected chi connectivity index (χ0v) is 14.6. The Morgan fingerprint density at radius 2 is 1.96 bits per heavy atom. The highest BCUT2D eigenvalue weighted by Gasteiger charge is 2.34. The second-order valence-electron chi connectivity index (χ2n) is 7.20. The van der Waals surface area contributed by atoms with E-state index in [-0.39, 0.29) is 0 Å². The van der Waals surface area contributed by atoms with Gasteiger partial charge in [-0.3, -0.25) is 0 Å². The van der Waals surface area contributed by atoms with E-state index < -0.39 is 0 Å². The first kappa shape index (κ1) is 16.0. The third-order valence-electron chi connectivity index (χ3n) is 5.19. The summed E-state index contributed by atoms with van der Waals surface area (Å²) in [6.45, 7) is 9.34. The largest absolute Gasteiger partial charge is 0.496 e. The van der Waals surface area contributed by atoms with Gasteiger partial charge in [0.15, 0.2) is 0 Å². The summed E-state index contributed by atoms with van der Waals surface area (Å²) in [5.74, 6) is 4.03. The highest BCUT2D eigenvalue weighted by molar-refractivity contribution is 5.66. The van der Waals surface area contributed by atoms with Gasteiger partial charge in [-0.2, -0.15) is 5.21 Å². The smallest absolute Gasteiger partial charge is 0.208 e. The molecule has 5 nitrogen and oxygen atoms in total. The Bertz CT molecular complexity index is 664. The minimum atomic E-state index is 0.576. The van der Waals surface area contributed by atoms with E-state index in [1.165, 1.54) is 17.5 Å². The van der Waals surface area contributed by atoms with E-state index in [0.29, 0.717) is 23.6 Å². The summed E-state index contributed by atoms with van der Waals surface area (Å²) in [4.78, 5) is 0. The first-order valence-electron chi connectivity index (χ1n) is 8.47. The predicted molar refractivity (Wildman–Crippen MR) is 90.4 cm³/mol. The highest BCUT2D eigenvalue weighted by atomic mass is 16.5. The lowest BCUT2D eigenvalue weighted by atomic mass is 9.66. The maximum atomic E-state index is 5.64. The molecule has 23 heavy (non-hydrogen) atoms. The summed E-state index contributed by atoms with van der Waals surface area (Å²) < 4.78 is 5.64. The predicted octanol–water partition coefficient (Wildman–Crippen LogP) is 3.83. The Morgan fingerprint density at radius 1 is 1.17 bits per heavy atom. The van der Waals surface area contributed by atoms with Crippen LogP contribution in [0.15, 0.2) is 12.1 Å². The van der Waals surface area contributed by atoms with Crippen LogP contribution in [-0.4, -0.2) is 27.7 Å². The molecule has 1 N–H and O–H groups in total. The minimum absolute atomic E-state index is 0.576. The number of methoxy groups -OCH3 is 1. The van der Waals surface area contributed by atoms with Crippen LogP contribution < -0.4 is 4.74 Å². The van der Waals surface area contributed by atoms with E-state index in [2.05, 4.69) is 60.5 Å². The third-order valence-corrected chi connectivity index (χ3v) is 5.19. The van der Waals surface area contributed by atoms with Crippen molar-refractivity contribution in [1.82, 2.24) is 20.6 Å². The number of H-pyrrole nitrogens is 1. The summed E-state index contributed by atoms with van der Waals surface area (Å²) in [6, 6.07) is 4.41. The van der Waals surface area contributed by atoms with Gasteiger partial charge in [-0.1, -0.05) is 27.7 Å². The van der Waals surface area contributed by atoms with Crippen molar-refractivity contribution >= 4 is 0 Å². The van der Waals surface area contributed by atoms with Crippen LogP contribution in [0.2, 0.25) is 0 Å². The molecule has 0 amide bonds. The number of aromatic nitrogens is 4. The molecule has 1 aromatic carbocycles. The maximum Gasteiger partial charge on any atom is 0.208 e. The molecule has 3 rings (SSSR count). The molecule has 2 atom stereocenters. The molecule has 0 bridgehead atoms. The van der Waals surface area contributed by atoms with Crippen molar-refractivity contribution < 1.29 is 4.74 Å². The molecule has 0 saturated heterocycles. The van der Waals surface area contributed by atoms with Crippen LogP contribution in [0.4, 0.5) is 0 Å². The normalized spacial score (nSPS) is 20.8. The molecule has 0 spiro atoms. The fraction of sp³-hybridized carbons (Fsp3) is 0.611. The zero-order chi connectivity index (χ0) is 16.6. The van der Waals surface area contributed by atoms with E-state index in [1.54, 1.807) is 7.11 Å². The van der Waals surface area contributed by atoms with Crippen molar-refractivity contribution in [3.8, 4) is 17.1 Å². The standard InChI is InChI=1S/C18H26N4O/c1-10(2)13-7-6-12-8-15(18-19-21-22-20-18)16(23-5)9-14(12)17(13)11(3)4/h8-11,13,17H,6-7H2,1-5H3,(H,19,20,21,22).